The molecule has 0 aliphatic heterocycles. The van der Waals surface area contributed by atoms with Crippen LogP contribution in [0, 0.1) is 0 Å². The summed E-state index contributed by atoms with van der Waals surface area (Å²) in [5, 5.41) is 0. The molecule has 0 fully saturated rings. The van der Waals surface area contributed by atoms with E-state index in [1.165, 1.54) is 14.2 Å². The predicted octanol–water partition coefficient (Wildman–Crippen LogP) is 5.14. The second kappa shape index (κ2) is 11.6. The Morgan fingerprint density at radius 2 is 1.35 bits per heavy atom. The average Bonchev–Trinajstić information content (AvgIpc) is 2.90. The van der Waals surface area contributed by atoms with Crippen LogP contribution < -0.4 is 9.64 Å². The predicted molar refractivity (Wildman–Crippen MR) is 134 cm³/mol. The van der Waals surface area contributed by atoms with Crippen molar-refractivity contribution in [2.75, 3.05) is 33.3 Å². The molecule has 0 amide bonds. The highest BCUT2D eigenvalue weighted by atomic mass is 32.2. The van der Waals surface area contributed by atoms with Crippen molar-refractivity contribution in [1.82, 2.24) is 0 Å². The van der Waals surface area contributed by atoms with Gasteiger partial charge in [-0.2, -0.15) is 0 Å². The summed E-state index contributed by atoms with van der Waals surface area (Å²) in [5.74, 6) is -0.568. The molecule has 6 nitrogen and oxygen atoms in total. The maximum atomic E-state index is 13.3. The SMILES string of the molecule is COC(=O)C(CC(c1ccccc1)N(C)c1ccc(OC)cc1)(Sc1ccccc1)C(=O)OC. The van der Waals surface area contributed by atoms with Crippen LogP contribution in [0.5, 0.6) is 5.75 Å². The molecule has 0 N–H and O–H groups in total. The van der Waals surface area contributed by atoms with E-state index in [9.17, 15) is 9.59 Å². The van der Waals surface area contributed by atoms with Crippen LogP contribution >= 0.6 is 11.8 Å². The third-order valence-electron chi connectivity index (χ3n) is 5.68. The van der Waals surface area contributed by atoms with E-state index in [2.05, 4.69) is 0 Å². The number of benzene rings is 3. The van der Waals surface area contributed by atoms with Crippen molar-refractivity contribution in [2.24, 2.45) is 0 Å². The number of hydrogen-bond acceptors (Lipinski definition) is 7. The summed E-state index contributed by atoms with van der Waals surface area (Å²) < 4.78 is 14.0. The Kier molecular flexibility index (Phi) is 8.60. The molecule has 7 heteroatoms. The Balaban J connectivity index is 2.11. The number of hydrogen-bond donors (Lipinski definition) is 0. The number of ether oxygens (including phenoxy) is 3. The van der Waals surface area contributed by atoms with Crippen LogP contribution in [0.3, 0.4) is 0 Å². The van der Waals surface area contributed by atoms with Crippen molar-refractivity contribution in [3.8, 4) is 5.75 Å². The zero-order valence-electron chi connectivity index (χ0n) is 19.8. The molecule has 1 unspecified atom stereocenters. The van der Waals surface area contributed by atoms with E-state index in [4.69, 9.17) is 14.2 Å². The fourth-order valence-corrected chi connectivity index (χ4v) is 5.09. The van der Waals surface area contributed by atoms with Gasteiger partial charge in [0.2, 0.25) is 4.75 Å². The van der Waals surface area contributed by atoms with E-state index in [1.54, 1.807) is 7.11 Å². The van der Waals surface area contributed by atoms with Crippen LogP contribution in [0.1, 0.15) is 18.0 Å². The van der Waals surface area contributed by atoms with Gasteiger partial charge in [-0.1, -0.05) is 60.3 Å². The lowest BCUT2D eigenvalue weighted by atomic mass is 9.92. The van der Waals surface area contributed by atoms with Crippen LogP contribution in [0.2, 0.25) is 0 Å². The Morgan fingerprint density at radius 3 is 1.85 bits per heavy atom. The first-order valence-corrected chi connectivity index (χ1v) is 11.6. The number of esters is 2. The normalized spacial score (nSPS) is 11.9. The van der Waals surface area contributed by atoms with Crippen molar-refractivity contribution in [1.29, 1.82) is 0 Å². The maximum absolute atomic E-state index is 13.3. The first-order valence-electron chi connectivity index (χ1n) is 10.8. The minimum atomic E-state index is -1.62. The molecule has 178 valence electrons. The molecule has 0 saturated carbocycles. The second-order valence-corrected chi connectivity index (χ2v) is 9.04. The lowest BCUT2D eigenvalue weighted by Crippen LogP contribution is -2.48. The van der Waals surface area contributed by atoms with Crippen LogP contribution in [0.4, 0.5) is 5.69 Å². The Hall–Kier alpha value is -3.45. The maximum Gasteiger partial charge on any atom is 0.334 e. The van der Waals surface area contributed by atoms with Gasteiger partial charge < -0.3 is 19.1 Å². The third-order valence-corrected chi connectivity index (χ3v) is 7.03. The summed E-state index contributed by atoms with van der Waals surface area (Å²) in [6, 6.07) is 26.4. The van der Waals surface area contributed by atoms with E-state index < -0.39 is 16.7 Å². The second-order valence-electron chi connectivity index (χ2n) is 7.66. The molecule has 3 rings (SSSR count). The fourth-order valence-electron chi connectivity index (χ4n) is 3.82. The summed E-state index contributed by atoms with van der Waals surface area (Å²) in [4.78, 5) is 29.3. The molecule has 3 aromatic rings. The third kappa shape index (κ3) is 5.54. The van der Waals surface area contributed by atoms with Crippen LogP contribution in [-0.2, 0) is 19.1 Å². The molecule has 3 aromatic carbocycles. The lowest BCUT2D eigenvalue weighted by Gasteiger charge is -2.37. The lowest BCUT2D eigenvalue weighted by molar-refractivity contribution is -0.156. The van der Waals surface area contributed by atoms with Crippen molar-refractivity contribution >= 4 is 29.4 Å². The molecule has 0 aromatic heterocycles. The van der Waals surface area contributed by atoms with Gasteiger partial charge in [-0.15, -0.1) is 0 Å². The summed E-state index contributed by atoms with van der Waals surface area (Å²) in [6.07, 6.45) is 0.123. The number of thioether (sulfide) groups is 1. The van der Waals surface area contributed by atoms with Crippen molar-refractivity contribution in [3.63, 3.8) is 0 Å². The van der Waals surface area contributed by atoms with Gasteiger partial charge in [-0.3, -0.25) is 0 Å². The molecule has 0 bridgehead atoms. The molecule has 34 heavy (non-hydrogen) atoms. The number of anilines is 1. The minimum absolute atomic E-state index is 0.123. The van der Waals surface area contributed by atoms with E-state index in [0.717, 1.165) is 33.7 Å². The molecular weight excluding hydrogens is 450 g/mol. The van der Waals surface area contributed by atoms with Gasteiger partial charge >= 0.3 is 11.9 Å². The number of carbonyl (C=O) groups is 2. The topological polar surface area (TPSA) is 65.1 Å². The smallest absolute Gasteiger partial charge is 0.334 e. The molecular formula is C27H29NO5S. The fraction of sp³-hybridized carbons (Fsp3) is 0.259. The minimum Gasteiger partial charge on any atom is -0.497 e. The number of methoxy groups -OCH3 is 3. The van der Waals surface area contributed by atoms with Gasteiger partial charge in [0, 0.05) is 24.1 Å². The average molecular weight is 480 g/mol. The van der Waals surface area contributed by atoms with Crippen LogP contribution in [0.25, 0.3) is 0 Å². The molecule has 0 radical (unpaired) electrons. The zero-order chi connectivity index (χ0) is 24.6. The molecule has 0 aliphatic carbocycles. The summed E-state index contributed by atoms with van der Waals surface area (Å²) >= 11 is 1.15. The van der Waals surface area contributed by atoms with Gasteiger partial charge in [0.25, 0.3) is 0 Å². The Morgan fingerprint density at radius 1 is 0.824 bits per heavy atom. The first-order chi connectivity index (χ1) is 16.4. The van der Waals surface area contributed by atoms with Gasteiger partial charge in [0.15, 0.2) is 0 Å². The quantitative estimate of drug-likeness (QED) is 0.227. The van der Waals surface area contributed by atoms with E-state index in [1.807, 2.05) is 96.9 Å². The van der Waals surface area contributed by atoms with E-state index >= 15 is 0 Å². The van der Waals surface area contributed by atoms with Gasteiger partial charge in [0.05, 0.1) is 27.4 Å². The molecule has 0 spiro atoms. The van der Waals surface area contributed by atoms with E-state index in [0.29, 0.717) is 0 Å². The van der Waals surface area contributed by atoms with Gasteiger partial charge in [0.1, 0.15) is 5.75 Å². The molecule has 0 saturated heterocycles. The first kappa shape index (κ1) is 25.2. The number of nitrogens with zero attached hydrogens (tertiary/aromatic N) is 1. The summed E-state index contributed by atoms with van der Waals surface area (Å²) in [7, 11) is 6.13. The Labute approximate surface area is 204 Å². The standard InChI is InChI=1S/C27H29NO5S/c1-28(21-15-17-22(31-2)18-16-21)24(20-11-7-5-8-12-20)19-27(25(29)32-3,26(30)33-4)34-23-13-9-6-10-14-23/h5-18,24H,19H2,1-4H3. The zero-order valence-corrected chi connectivity index (χ0v) is 20.6. The summed E-state index contributed by atoms with van der Waals surface area (Å²) in [6.45, 7) is 0. The van der Waals surface area contributed by atoms with Crippen LogP contribution in [-0.4, -0.2) is 45.1 Å². The highest BCUT2D eigenvalue weighted by Gasteiger charge is 2.52. The molecule has 1 atom stereocenters. The largest absolute Gasteiger partial charge is 0.497 e. The molecule has 0 aliphatic rings. The van der Waals surface area contributed by atoms with Gasteiger partial charge in [-0.05, 0) is 42.0 Å². The van der Waals surface area contributed by atoms with Crippen LogP contribution in [0.15, 0.2) is 89.8 Å². The summed E-state index contributed by atoms with van der Waals surface area (Å²) in [5.41, 5.74) is 1.86. The Bertz CT molecular complexity index is 1060. The van der Waals surface area contributed by atoms with Crippen molar-refractivity contribution < 1.29 is 23.8 Å². The van der Waals surface area contributed by atoms with E-state index in [-0.39, 0.29) is 12.5 Å². The van der Waals surface area contributed by atoms with Crippen molar-refractivity contribution in [3.05, 3.63) is 90.5 Å². The number of rotatable bonds is 10. The molecule has 0 heterocycles. The van der Waals surface area contributed by atoms with Gasteiger partial charge in [-0.25, -0.2) is 9.59 Å². The number of carbonyl (C=O) groups excluding carboxylic acids is 2. The highest BCUT2D eigenvalue weighted by molar-refractivity contribution is 8.02. The monoisotopic (exact) mass is 479 g/mol. The highest BCUT2D eigenvalue weighted by Crippen LogP contribution is 2.44. The van der Waals surface area contributed by atoms with Crippen molar-refractivity contribution in [2.45, 2.75) is 22.1 Å².